The number of benzene rings is 1. The largest absolute Gasteiger partial charge is 0.391 e. The molecule has 1 saturated heterocycles. The number of β-amino-alcohol motifs (C(OH)–C–C–N with tert-alkyl or cyclic N) is 1. The second-order valence-electron chi connectivity index (χ2n) is 5.84. The minimum Gasteiger partial charge on any atom is -0.391 e. The normalized spacial score (nSPS) is 24.4. The molecule has 2 rings (SSSR count). The first-order valence-corrected chi connectivity index (χ1v) is 6.95. The summed E-state index contributed by atoms with van der Waals surface area (Å²) >= 11 is 0. The van der Waals surface area contributed by atoms with Crippen molar-refractivity contribution in [3.8, 4) is 0 Å². The molecule has 5 heteroatoms. The standard InChI is InChI=1S/C15H23FN2O2/c1-10(19)14-6-11(16)4-5-15(14)18-9-13(20)7-12(18)8-17(2)3/h4-6,10,12-13,19-20H,7-9H2,1-3H3/t10-,12?,13?/m1/s1. The maximum atomic E-state index is 13.4. The zero-order valence-corrected chi connectivity index (χ0v) is 12.3. The van der Waals surface area contributed by atoms with Gasteiger partial charge in [0.1, 0.15) is 5.82 Å². The Kier molecular flexibility index (Phi) is 4.62. The lowest BCUT2D eigenvalue weighted by Gasteiger charge is -2.31. The number of likely N-dealkylation sites (N-methyl/N-ethyl adjacent to an activating group) is 1. The Labute approximate surface area is 119 Å². The van der Waals surface area contributed by atoms with Crippen molar-refractivity contribution in [3.63, 3.8) is 0 Å². The summed E-state index contributed by atoms with van der Waals surface area (Å²) in [6, 6.07) is 4.64. The Bertz CT molecular complexity index is 465. The van der Waals surface area contributed by atoms with Crippen LogP contribution in [0.2, 0.25) is 0 Å². The van der Waals surface area contributed by atoms with Crippen LogP contribution in [-0.2, 0) is 0 Å². The van der Waals surface area contributed by atoms with E-state index in [2.05, 4.69) is 9.80 Å². The van der Waals surface area contributed by atoms with Crippen molar-refractivity contribution in [2.45, 2.75) is 31.6 Å². The van der Waals surface area contributed by atoms with Crippen LogP contribution >= 0.6 is 0 Å². The molecular formula is C15H23FN2O2. The van der Waals surface area contributed by atoms with Crippen LogP contribution in [0, 0.1) is 5.82 Å². The van der Waals surface area contributed by atoms with Crippen LogP contribution in [0.3, 0.4) is 0 Å². The highest BCUT2D eigenvalue weighted by Gasteiger charge is 2.32. The lowest BCUT2D eigenvalue weighted by Crippen LogP contribution is -2.38. The Hall–Kier alpha value is -1.17. The van der Waals surface area contributed by atoms with E-state index in [1.807, 2.05) is 14.1 Å². The highest BCUT2D eigenvalue weighted by molar-refractivity contribution is 5.56. The minimum absolute atomic E-state index is 0.169. The van der Waals surface area contributed by atoms with E-state index in [1.165, 1.54) is 12.1 Å². The van der Waals surface area contributed by atoms with E-state index < -0.39 is 6.10 Å². The SMILES string of the molecule is C[C@@H](O)c1cc(F)ccc1N1CC(O)CC1CN(C)C. The molecule has 2 unspecified atom stereocenters. The molecular weight excluding hydrogens is 259 g/mol. The molecule has 3 atom stereocenters. The topological polar surface area (TPSA) is 46.9 Å². The fraction of sp³-hybridized carbons (Fsp3) is 0.600. The van der Waals surface area contributed by atoms with Crippen molar-refractivity contribution in [1.82, 2.24) is 4.90 Å². The molecule has 1 fully saturated rings. The Morgan fingerprint density at radius 3 is 2.75 bits per heavy atom. The van der Waals surface area contributed by atoms with Gasteiger partial charge in [0.05, 0.1) is 12.2 Å². The summed E-state index contributed by atoms with van der Waals surface area (Å²) in [5, 5.41) is 19.8. The molecule has 0 radical (unpaired) electrons. The molecule has 0 aliphatic carbocycles. The second-order valence-corrected chi connectivity index (χ2v) is 5.84. The Balaban J connectivity index is 2.33. The predicted octanol–water partition coefficient (Wildman–Crippen LogP) is 1.38. The van der Waals surface area contributed by atoms with E-state index in [-0.39, 0.29) is 18.0 Å². The lowest BCUT2D eigenvalue weighted by molar-refractivity contribution is 0.191. The molecule has 20 heavy (non-hydrogen) atoms. The van der Waals surface area contributed by atoms with Gasteiger partial charge >= 0.3 is 0 Å². The first kappa shape index (κ1) is 15.2. The number of nitrogens with zero attached hydrogens (tertiary/aromatic N) is 2. The van der Waals surface area contributed by atoms with Gasteiger partial charge in [0.2, 0.25) is 0 Å². The molecule has 0 amide bonds. The van der Waals surface area contributed by atoms with E-state index in [0.29, 0.717) is 18.5 Å². The number of rotatable bonds is 4. The lowest BCUT2D eigenvalue weighted by atomic mass is 10.1. The number of halogens is 1. The van der Waals surface area contributed by atoms with Gasteiger partial charge in [-0.1, -0.05) is 0 Å². The summed E-state index contributed by atoms with van der Waals surface area (Å²) < 4.78 is 13.4. The van der Waals surface area contributed by atoms with Crippen molar-refractivity contribution in [2.24, 2.45) is 0 Å². The zero-order chi connectivity index (χ0) is 14.9. The molecule has 0 spiro atoms. The average Bonchev–Trinajstić information content (AvgIpc) is 2.69. The zero-order valence-electron chi connectivity index (χ0n) is 12.3. The summed E-state index contributed by atoms with van der Waals surface area (Å²) in [7, 11) is 3.98. The number of hydrogen-bond donors (Lipinski definition) is 2. The summed E-state index contributed by atoms with van der Waals surface area (Å²) in [5.74, 6) is -0.353. The van der Waals surface area contributed by atoms with E-state index in [9.17, 15) is 14.6 Å². The Morgan fingerprint density at radius 2 is 2.15 bits per heavy atom. The molecule has 2 N–H and O–H groups in total. The molecule has 0 aromatic heterocycles. The van der Waals surface area contributed by atoms with Crippen LogP contribution in [0.4, 0.5) is 10.1 Å². The number of anilines is 1. The molecule has 1 aliphatic rings. The van der Waals surface area contributed by atoms with Gasteiger partial charge in [0.25, 0.3) is 0 Å². The summed E-state index contributed by atoms with van der Waals surface area (Å²) in [5.41, 5.74) is 1.38. The monoisotopic (exact) mass is 282 g/mol. The maximum Gasteiger partial charge on any atom is 0.123 e. The van der Waals surface area contributed by atoms with Crippen LogP contribution < -0.4 is 4.90 Å². The third kappa shape index (κ3) is 3.29. The summed E-state index contributed by atoms with van der Waals surface area (Å²) in [4.78, 5) is 4.15. The van der Waals surface area contributed by atoms with Gasteiger partial charge in [-0.15, -0.1) is 0 Å². The number of aliphatic hydroxyl groups is 2. The maximum absolute atomic E-state index is 13.4. The van der Waals surface area contributed by atoms with Crippen molar-refractivity contribution in [1.29, 1.82) is 0 Å². The average molecular weight is 282 g/mol. The van der Waals surface area contributed by atoms with Crippen LogP contribution in [0.5, 0.6) is 0 Å². The summed E-state index contributed by atoms with van der Waals surface area (Å²) in [6.45, 7) is 2.96. The molecule has 1 heterocycles. The van der Waals surface area contributed by atoms with Crippen molar-refractivity contribution in [3.05, 3.63) is 29.6 Å². The van der Waals surface area contributed by atoms with E-state index in [1.54, 1.807) is 13.0 Å². The smallest absolute Gasteiger partial charge is 0.123 e. The van der Waals surface area contributed by atoms with E-state index in [0.717, 1.165) is 12.2 Å². The first-order chi connectivity index (χ1) is 9.38. The molecule has 0 bridgehead atoms. The number of hydrogen-bond acceptors (Lipinski definition) is 4. The first-order valence-electron chi connectivity index (χ1n) is 6.95. The van der Waals surface area contributed by atoms with Gasteiger partial charge in [-0.05, 0) is 45.6 Å². The number of aliphatic hydroxyl groups excluding tert-OH is 2. The van der Waals surface area contributed by atoms with Crippen molar-refractivity contribution >= 4 is 5.69 Å². The van der Waals surface area contributed by atoms with Crippen LogP contribution in [0.25, 0.3) is 0 Å². The predicted molar refractivity (Wildman–Crippen MR) is 77.3 cm³/mol. The fourth-order valence-corrected chi connectivity index (χ4v) is 2.90. The van der Waals surface area contributed by atoms with Gasteiger partial charge in [0, 0.05) is 30.4 Å². The molecule has 4 nitrogen and oxygen atoms in total. The van der Waals surface area contributed by atoms with Crippen LogP contribution in [-0.4, -0.2) is 54.4 Å². The van der Waals surface area contributed by atoms with Gasteiger partial charge < -0.3 is 20.0 Å². The van der Waals surface area contributed by atoms with Gasteiger partial charge in [0.15, 0.2) is 0 Å². The van der Waals surface area contributed by atoms with Gasteiger partial charge in [-0.3, -0.25) is 0 Å². The minimum atomic E-state index is -0.738. The molecule has 112 valence electrons. The van der Waals surface area contributed by atoms with Crippen molar-refractivity contribution < 1.29 is 14.6 Å². The van der Waals surface area contributed by atoms with Crippen molar-refractivity contribution in [2.75, 3.05) is 32.1 Å². The second kappa shape index (κ2) is 6.08. The van der Waals surface area contributed by atoms with Gasteiger partial charge in [-0.25, -0.2) is 4.39 Å². The molecule has 1 aliphatic heterocycles. The molecule has 1 aromatic carbocycles. The van der Waals surface area contributed by atoms with E-state index in [4.69, 9.17) is 0 Å². The summed E-state index contributed by atoms with van der Waals surface area (Å²) in [6.07, 6.45) is -0.431. The third-order valence-electron chi connectivity index (χ3n) is 3.72. The fourth-order valence-electron chi connectivity index (χ4n) is 2.90. The van der Waals surface area contributed by atoms with Crippen LogP contribution in [0.1, 0.15) is 25.0 Å². The Morgan fingerprint density at radius 1 is 1.45 bits per heavy atom. The highest BCUT2D eigenvalue weighted by Crippen LogP contribution is 2.33. The van der Waals surface area contributed by atoms with E-state index >= 15 is 0 Å². The quantitative estimate of drug-likeness (QED) is 0.876. The molecule has 0 saturated carbocycles. The van der Waals surface area contributed by atoms with Crippen LogP contribution in [0.15, 0.2) is 18.2 Å². The third-order valence-corrected chi connectivity index (χ3v) is 3.72. The molecule has 1 aromatic rings. The highest BCUT2D eigenvalue weighted by atomic mass is 19.1. The van der Waals surface area contributed by atoms with Gasteiger partial charge in [-0.2, -0.15) is 0 Å².